The Morgan fingerprint density at radius 3 is 2.50 bits per heavy atom. The summed E-state index contributed by atoms with van der Waals surface area (Å²) in [5, 5.41) is 0. The van der Waals surface area contributed by atoms with Crippen molar-refractivity contribution in [2.45, 2.75) is 38.3 Å². The lowest BCUT2D eigenvalue weighted by molar-refractivity contribution is -0.145. The molecule has 0 aliphatic carbocycles. The Morgan fingerprint density at radius 2 is 1.92 bits per heavy atom. The topological polar surface area (TPSA) is 104 Å². The fourth-order valence-corrected chi connectivity index (χ4v) is 3.02. The van der Waals surface area contributed by atoms with Gasteiger partial charge in [0, 0.05) is 25.2 Å². The van der Waals surface area contributed by atoms with Gasteiger partial charge in [-0.15, -0.1) is 19.0 Å². The van der Waals surface area contributed by atoms with Crippen LogP contribution in [0, 0.1) is 0 Å². The molecule has 2 aliphatic heterocycles. The number of urea groups is 1. The molecule has 0 aromatic heterocycles. The van der Waals surface area contributed by atoms with Gasteiger partial charge in [-0.25, -0.2) is 9.69 Å². The van der Waals surface area contributed by atoms with Gasteiger partial charge >= 0.3 is 17.8 Å². The number of nitrogens with zero attached hydrogens (tertiary/aromatic N) is 3. The first-order valence-corrected chi connectivity index (χ1v) is 7.71. The van der Waals surface area contributed by atoms with E-state index in [2.05, 4.69) is 6.58 Å². The maximum Gasteiger partial charge on any atom is 0.335 e. The molecule has 2 N–H and O–H groups in total. The second-order valence-electron chi connectivity index (χ2n) is 5.89. The van der Waals surface area contributed by atoms with Crippen molar-refractivity contribution < 1.29 is 19.2 Å². The maximum absolute atomic E-state index is 12.5. The second kappa shape index (κ2) is 8.25. The number of imide groups is 2. The number of nitrogens with two attached hydrogens (primary N) is 1. The van der Waals surface area contributed by atoms with Gasteiger partial charge in [0.2, 0.25) is 5.91 Å². The lowest BCUT2D eigenvalue weighted by Gasteiger charge is -2.38. The zero-order chi connectivity index (χ0) is 17.1. The van der Waals surface area contributed by atoms with Crippen molar-refractivity contribution in [3.05, 3.63) is 12.7 Å². The molecule has 2 fully saturated rings. The second-order valence-corrected chi connectivity index (χ2v) is 5.89. The van der Waals surface area contributed by atoms with Gasteiger partial charge in [-0.1, -0.05) is 6.08 Å². The molecule has 0 saturated carbocycles. The molecule has 5 amide bonds. The molecule has 2 unspecified atom stereocenters. The number of halogens is 1. The number of hydrogen-bond donors (Lipinski definition) is 1. The number of rotatable bonds is 5. The van der Waals surface area contributed by atoms with Crippen molar-refractivity contribution >= 4 is 36.2 Å². The minimum Gasteiger partial charge on any atom is -0.337 e. The molecule has 0 aromatic rings. The molecule has 134 valence electrons. The Bertz CT molecular complexity index is 552. The quantitative estimate of drug-likeness (QED) is 0.427. The normalized spacial score (nSPS) is 22.5. The molecule has 2 atom stereocenters. The fourth-order valence-electron chi connectivity index (χ4n) is 3.02. The van der Waals surface area contributed by atoms with E-state index in [1.165, 1.54) is 6.08 Å². The average molecular weight is 359 g/mol. The minimum absolute atomic E-state index is 0. The summed E-state index contributed by atoms with van der Waals surface area (Å²) in [7, 11) is 0. The first kappa shape index (κ1) is 20.1. The molecule has 0 spiro atoms. The average Bonchev–Trinajstić information content (AvgIpc) is 2.73. The molecule has 9 heteroatoms. The van der Waals surface area contributed by atoms with Crippen LogP contribution in [0.3, 0.4) is 0 Å². The molecule has 2 aliphatic rings. The van der Waals surface area contributed by atoms with E-state index in [1.54, 1.807) is 4.90 Å². The highest BCUT2D eigenvalue weighted by atomic mass is 35.5. The van der Waals surface area contributed by atoms with Crippen molar-refractivity contribution in [3.8, 4) is 0 Å². The molecule has 2 rings (SSSR count). The third-order valence-corrected chi connectivity index (χ3v) is 4.22. The van der Waals surface area contributed by atoms with E-state index in [0.29, 0.717) is 11.4 Å². The molecule has 0 bridgehead atoms. The Hall–Kier alpha value is -1.93. The van der Waals surface area contributed by atoms with E-state index in [4.69, 9.17) is 5.73 Å². The summed E-state index contributed by atoms with van der Waals surface area (Å²) < 4.78 is 0. The smallest absolute Gasteiger partial charge is 0.335 e. The Morgan fingerprint density at radius 1 is 1.29 bits per heavy atom. The summed E-state index contributed by atoms with van der Waals surface area (Å²) in [6.07, 6.45) is 4.00. The van der Waals surface area contributed by atoms with Gasteiger partial charge in [0.15, 0.2) is 0 Å². The van der Waals surface area contributed by atoms with Crippen molar-refractivity contribution in [3.63, 3.8) is 0 Å². The highest BCUT2D eigenvalue weighted by Gasteiger charge is 2.45. The third kappa shape index (κ3) is 3.76. The van der Waals surface area contributed by atoms with Gasteiger partial charge in [0.25, 0.3) is 0 Å². The summed E-state index contributed by atoms with van der Waals surface area (Å²) in [4.78, 5) is 51.4. The zero-order valence-corrected chi connectivity index (χ0v) is 14.5. The van der Waals surface area contributed by atoms with Gasteiger partial charge in [0.1, 0.15) is 6.54 Å². The predicted octanol–water partition coefficient (Wildman–Crippen LogP) is 0.113. The molecule has 0 aromatic carbocycles. The van der Waals surface area contributed by atoms with Crippen LogP contribution in [0.5, 0.6) is 0 Å². The van der Waals surface area contributed by atoms with E-state index in [-0.39, 0.29) is 36.9 Å². The van der Waals surface area contributed by atoms with Crippen molar-refractivity contribution in [1.82, 2.24) is 14.7 Å². The molecule has 24 heavy (non-hydrogen) atoms. The van der Waals surface area contributed by atoms with Crippen LogP contribution in [0.2, 0.25) is 0 Å². The zero-order valence-electron chi connectivity index (χ0n) is 13.6. The van der Waals surface area contributed by atoms with Gasteiger partial charge in [-0.3, -0.25) is 19.3 Å². The van der Waals surface area contributed by atoms with Crippen LogP contribution in [-0.2, 0) is 14.4 Å². The summed E-state index contributed by atoms with van der Waals surface area (Å²) in [6.45, 7) is 5.33. The summed E-state index contributed by atoms with van der Waals surface area (Å²) in [5.41, 5.74) is 5.93. The van der Waals surface area contributed by atoms with Crippen molar-refractivity contribution in [2.75, 3.05) is 19.6 Å². The SMILES string of the molecule is C=CCN1C(=O)C(=O)N(CC(=O)N2CCCCC2C(C)N)C1=O.Cl. The maximum atomic E-state index is 12.5. The lowest BCUT2D eigenvalue weighted by Crippen LogP contribution is -2.54. The number of piperidine rings is 1. The molecule has 0 radical (unpaired) electrons. The van der Waals surface area contributed by atoms with E-state index >= 15 is 0 Å². The van der Waals surface area contributed by atoms with E-state index < -0.39 is 24.4 Å². The molecular formula is C15H23ClN4O4. The van der Waals surface area contributed by atoms with Crippen LogP contribution in [0.4, 0.5) is 4.79 Å². The third-order valence-electron chi connectivity index (χ3n) is 4.22. The van der Waals surface area contributed by atoms with Crippen LogP contribution >= 0.6 is 12.4 Å². The summed E-state index contributed by atoms with van der Waals surface area (Å²) in [6, 6.07) is -1.07. The highest BCUT2D eigenvalue weighted by molar-refractivity contribution is 6.45. The van der Waals surface area contributed by atoms with Crippen LogP contribution in [-0.4, -0.2) is 70.2 Å². The van der Waals surface area contributed by atoms with Crippen LogP contribution in [0.15, 0.2) is 12.7 Å². The van der Waals surface area contributed by atoms with Crippen LogP contribution < -0.4 is 5.73 Å². The number of hydrogen-bond acceptors (Lipinski definition) is 5. The Labute approximate surface area is 147 Å². The van der Waals surface area contributed by atoms with Crippen molar-refractivity contribution in [2.24, 2.45) is 5.73 Å². The first-order valence-electron chi connectivity index (χ1n) is 7.71. The molecule has 2 heterocycles. The van der Waals surface area contributed by atoms with Crippen LogP contribution in [0.25, 0.3) is 0 Å². The predicted molar refractivity (Wildman–Crippen MR) is 89.3 cm³/mol. The minimum atomic E-state index is -0.973. The number of amides is 5. The Balaban J connectivity index is 0.00000288. The molecular weight excluding hydrogens is 336 g/mol. The molecule has 8 nitrogen and oxygen atoms in total. The fraction of sp³-hybridized carbons (Fsp3) is 0.600. The number of carbonyl (C=O) groups excluding carboxylic acids is 4. The van der Waals surface area contributed by atoms with Gasteiger partial charge in [-0.2, -0.15) is 0 Å². The van der Waals surface area contributed by atoms with Gasteiger partial charge in [-0.05, 0) is 26.2 Å². The van der Waals surface area contributed by atoms with E-state index in [1.807, 2.05) is 6.92 Å². The first-order chi connectivity index (χ1) is 10.9. The lowest BCUT2D eigenvalue weighted by atomic mass is 9.97. The Kier molecular flexibility index (Phi) is 6.92. The van der Waals surface area contributed by atoms with Gasteiger partial charge in [0.05, 0.1) is 0 Å². The summed E-state index contributed by atoms with van der Waals surface area (Å²) >= 11 is 0. The van der Waals surface area contributed by atoms with Crippen LogP contribution in [0.1, 0.15) is 26.2 Å². The summed E-state index contributed by atoms with van der Waals surface area (Å²) in [5.74, 6) is -2.26. The van der Waals surface area contributed by atoms with E-state index in [9.17, 15) is 19.2 Å². The van der Waals surface area contributed by atoms with E-state index in [0.717, 1.165) is 24.2 Å². The number of carbonyl (C=O) groups is 4. The van der Waals surface area contributed by atoms with Crippen molar-refractivity contribution in [1.29, 1.82) is 0 Å². The number of likely N-dealkylation sites (tertiary alicyclic amines) is 1. The van der Waals surface area contributed by atoms with Gasteiger partial charge < -0.3 is 10.6 Å². The monoisotopic (exact) mass is 358 g/mol. The highest BCUT2D eigenvalue weighted by Crippen LogP contribution is 2.20. The molecule has 2 saturated heterocycles. The largest absolute Gasteiger partial charge is 0.337 e. The standard InChI is InChI=1S/C15H22N4O4.ClH/c1-3-7-18-13(21)14(22)19(15(18)23)9-12(20)17-8-5-4-6-11(17)10(2)16;/h3,10-11H,1,4-9,16H2,2H3;1H.